The van der Waals surface area contributed by atoms with Crippen LogP contribution < -0.4 is 5.32 Å². The van der Waals surface area contributed by atoms with Crippen LogP contribution in [0.1, 0.15) is 29.6 Å². The molecule has 0 aromatic heterocycles. The molecular weight excluding hydrogens is 273 g/mol. The molecule has 1 aliphatic heterocycles. The van der Waals surface area contributed by atoms with Crippen molar-refractivity contribution in [3.8, 4) is 6.07 Å². The molecule has 1 aromatic carbocycles. The number of rotatable bonds is 3. The van der Waals surface area contributed by atoms with E-state index in [1.165, 1.54) is 18.2 Å². The van der Waals surface area contributed by atoms with Crippen LogP contribution in [0.5, 0.6) is 0 Å². The van der Waals surface area contributed by atoms with Gasteiger partial charge in [0.2, 0.25) is 5.91 Å². The van der Waals surface area contributed by atoms with Gasteiger partial charge in [0.1, 0.15) is 12.2 Å². The molecule has 21 heavy (non-hydrogen) atoms. The van der Waals surface area contributed by atoms with E-state index < -0.39 is 5.82 Å². The first-order valence-electron chi connectivity index (χ1n) is 6.81. The fourth-order valence-corrected chi connectivity index (χ4v) is 2.38. The van der Waals surface area contributed by atoms with Gasteiger partial charge in [-0.25, -0.2) is 4.39 Å². The molecular formula is C15H16FN3O2. The normalized spacial score (nSPS) is 15.3. The zero-order chi connectivity index (χ0) is 15.2. The number of amides is 2. The number of hydrogen-bond acceptors (Lipinski definition) is 3. The first kappa shape index (κ1) is 15.0. The molecule has 0 aliphatic carbocycles. The summed E-state index contributed by atoms with van der Waals surface area (Å²) in [6, 6.07) is 7.41. The third-order valence-corrected chi connectivity index (χ3v) is 3.46. The summed E-state index contributed by atoms with van der Waals surface area (Å²) in [4.78, 5) is 25.2. The summed E-state index contributed by atoms with van der Waals surface area (Å²) in [6.45, 7) is 1.01. The lowest BCUT2D eigenvalue weighted by atomic mass is 10.0. The van der Waals surface area contributed by atoms with Gasteiger partial charge in [0.25, 0.3) is 5.91 Å². The molecule has 6 heteroatoms. The van der Waals surface area contributed by atoms with E-state index >= 15 is 0 Å². The number of likely N-dealkylation sites (tertiary alicyclic amines) is 1. The average Bonchev–Trinajstić information content (AvgIpc) is 2.47. The van der Waals surface area contributed by atoms with Gasteiger partial charge in [-0.3, -0.25) is 9.59 Å². The highest BCUT2D eigenvalue weighted by atomic mass is 19.1. The zero-order valence-corrected chi connectivity index (χ0v) is 11.5. The lowest BCUT2D eigenvalue weighted by molar-refractivity contribution is -0.121. The van der Waals surface area contributed by atoms with Crippen LogP contribution in [-0.2, 0) is 4.79 Å². The molecule has 1 fully saturated rings. The van der Waals surface area contributed by atoms with Crippen molar-refractivity contribution in [2.75, 3.05) is 13.1 Å². The van der Waals surface area contributed by atoms with Crippen molar-refractivity contribution in [3.05, 3.63) is 35.6 Å². The molecule has 0 unspecified atom stereocenters. The summed E-state index contributed by atoms with van der Waals surface area (Å²) in [5.74, 6) is -0.914. The van der Waals surface area contributed by atoms with E-state index in [1.807, 2.05) is 0 Å². The fourth-order valence-electron chi connectivity index (χ4n) is 2.38. The summed E-state index contributed by atoms with van der Waals surface area (Å²) in [6.07, 6.45) is 1.12. The molecule has 0 spiro atoms. The van der Waals surface area contributed by atoms with E-state index in [0.717, 1.165) is 0 Å². The van der Waals surface area contributed by atoms with Crippen LogP contribution in [0.2, 0.25) is 0 Å². The van der Waals surface area contributed by atoms with E-state index in [4.69, 9.17) is 5.26 Å². The summed E-state index contributed by atoms with van der Waals surface area (Å²) in [7, 11) is 0. The molecule has 1 saturated heterocycles. The Hall–Kier alpha value is -2.42. The van der Waals surface area contributed by atoms with Crippen LogP contribution in [0, 0.1) is 17.1 Å². The molecule has 5 nitrogen and oxygen atoms in total. The molecule has 1 aliphatic rings. The number of nitrogens with zero attached hydrogens (tertiary/aromatic N) is 2. The van der Waals surface area contributed by atoms with Gasteiger partial charge in [-0.05, 0) is 31.0 Å². The Kier molecular flexibility index (Phi) is 4.88. The minimum Gasteiger partial charge on any atom is -0.352 e. The van der Waals surface area contributed by atoms with Gasteiger partial charge in [0.15, 0.2) is 0 Å². The van der Waals surface area contributed by atoms with Crippen molar-refractivity contribution in [2.45, 2.75) is 25.3 Å². The molecule has 1 heterocycles. The number of carbonyl (C=O) groups excluding carboxylic acids is 2. The maximum absolute atomic E-state index is 13.1. The van der Waals surface area contributed by atoms with Gasteiger partial charge in [0.05, 0.1) is 6.07 Å². The molecule has 1 aromatic rings. The highest BCUT2D eigenvalue weighted by molar-refractivity contribution is 5.94. The number of piperidine rings is 1. The standard InChI is InChI=1S/C15H16FN3O2/c16-12-3-1-2-11(10-12)15(21)19-8-5-13(6-9-19)18-14(20)4-7-17/h1-3,10,13H,4-6,8-9H2,(H,18,20). The van der Waals surface area contributed by atoms with Gasteiger partial charge in [-0.15, -0.1) is 0 Å². The second-order valence-corrected chi connectivity index (χ2v) is 4.98. The van der Waals surface area contributed by atoms with Crippen LogP contribution in [0.25, 0.3) is 0 Å². The molecule has 2 amide bonds. The number of halogens is 1. The van der Waals surface area contributed by atoms with E-state index in [-0.39, 0.29) is 24.3 Å². The molecule has 0 bridgehead atoms. The van der Waals surface area contributed by atoms with E-state index in [1.54, 1.807) is 17.0 Å². The van der Waals surface area contributed by atoms with Crippen molar-refractivity contribution >= 4 is 11.8 Å². The minimum absolute atomic E-state index is 0.0117. The van der Waals surface area contributed by atoms with Gasteiger partial charge in [-0.2, -0.15) is 5.26 Å². The highest BCUT2D eigenvalue weighted by Gasteiger charge is 2.24. The Labute approximate surface area is 122 Å². The Balaban J connectivity index is 1.88. The van der Waals surface area contributed by atoms with Crippen LogP contribution in [0.4, 0.5) is 4.39 Å². The van der Waals surface area contributed by atoms with E-state index in [9.17, 15) is 14.0 Å². The third-order valence-electron chi connectivity index (χ3n) is 3.46. The van der Waals surface area contributed by atoms with Crippen LogP contribution >= 0.6 is 0 Å². The smallest absolute Gasteiger partial charge is 0.253 e. The van der Waals surface area contributed by atoms with Gasteiger partial charge in [0, 0.05) is 24.7 Å². The Morgan fingerprint density at radius 1 is 1.38 bits per heavy atom. The Morgan fingerprint density at radius 2 is 2.10 bits per heavy atom. The quantitative estimate of drug-likeness (QED) is 0.915. The predicted octanol–water partition coefficient (Wildman–Crippen LogP) is 1.46. The third kappa shape index (κ3) is 4.02. The van der Waals surface area contributed by atoms with Crippen molar-refractivity contribution in [1.29, 1.82) is 5.26 Å². The lowest BCUT2D eigenvalue weighted by Crippen LogP contribution is -2.46. The fraction of sp³-hybridized carbons (Fsp3) is 0.400. The minimum atomic E-state index is -0.431. The Bertz CT molecular complexity index is 575. The monoisotopic (exact) mass is 289 g/mol. The van der Waals surface area contributed by atoms with Gasteiger partial charge >= 0.3 is 0 Å². The number of nitriles is 1. The summed E-state index contributed by atoms with van der Waals surface area (Å²) in [5.41, 5.74) is 0.335. The average molecular weight is 289 g/mol. The number of hydrogen-bond donors (Lipinski definition) is 1. The number of carbonyl (C=O) groups is 2. The molecule has 1 N–H and O–H groups in total. The first-order chi connectivity index (χ1) is 10.1. The summed E-state index contributed by atoms with van der Waals surface area (Å²) >= 11 is 0. The van der Waals surface area contributed by atoms with Crippen molar-refractivity contribution in [3.63, 3.8) is 0 Å². The second-order valence-electron chi connectivity index (χ2n) is 4.98. The largest absolute Gasteiger partial charge is 0.352 e. The summed E-state index contributed by atoms with van der Waals surface area (Å²) in [5, 5.41) is 11.2. The van der Waals surface area contributed by atoms with E-state index in [0.29, 0.717) is 31.5 Å². The van der Waals surface area contributed by atoms with Gasteiger partial charge in [-0.1, -0.05) is 6.07 Å². The molecule has 110 valence electrons. The van der Waals surface area contributed by atoms with E-state index in [2.05, 4.69) is 5.32 Å². The van der Waals surface area contributed by atoms with Crippen molar-refractivity contribution in [1.82, 2.24) is 10.2 Å². The first-order valence-corrected chi connectivity index (χ1v) is 6.81. The summed E-state index contributed by atoms with van der Waals surface area (Å²) < 4.78 is 13.1. The molecule has 0 radical (unpaired) electrons. The number of nitrogens with one attached hydrogen (secondary N) is 1. The van der Waals surface area contributed by atoms with Crippen LogP contribution in [0.15, 0.2) is 24.3 Å². The van der Waals surface area contributed by atoms with Crippen molar-refractivity contribution < 1.29 is 14.0 Å². The van der Waals surface area contributed by atoms with Crippen LogP contribution in [0.3, 0.4) is 0 Å². The van der Waals surface area contributed by atoms with Crippen molar-refractivity contribution in [2.24, 2.45) is 0 Å². The highest BCUT2D eigenvalue weighted by Crippen LogP contribution is 2.14. The SMILES string of the molecule is N#CCC(=O)NC1CCN(C(=O)c2cccc(F)c2)CC1. The topological polar surface area (TPSA) is 73.2 Å². The predicted molar refractivity (Wildman–Crippen MR) is 73.7 cm³/mol. The molecule has 0 atom stereocenters. The number of benzene rings is 1. The second kappa shape index (κ2) is 6.84. The lowest BCUT2D eigenvalue weighted by Gasteiger charge is -2.32. The Morgan fingerprint density at radius 3 is 2.71 bits per heavy atom. The van der Waals surface area contributed by atoms with Crippen LogP contribution in [-0.4, -0.2) is 35.8 Å². The maximum atomic E-state index is 13.1. The zero-order valence-electron chi connectivity index (χ0n) is 11.5. The maximum Gasteiger partial charge on any atom is 0.253 e. The molecule has 2 rings (SSSR count). The molecule has 0 saturated carbocycles. The van der Waals surface area contributed by atoms with Gasteiger partial charge < -0.3 is 10.2 Å².